The highest BCUT2D eigenvalue weighted by atomic mass is 35.5. The maximum absolute atomic E-state index is 13.4. The molecule has 0 spiro atoms. The quantitative estimate of drug-likeness (QED) is 0.421. The number of amides is 2. The molecule has 0 unspecified atom stereocenters. The summed E-state index contributed by atoms with van der Waals surface area (Å²) in [5.74, 6) is -0.518. The smallest absolute Gasteiger partial charge is 0.243 e. The molecule has 2 atom stereocenters. The van der Waals surface area contributed by atoms with Crippen molar-refractivity contribution in [2.75, 3.05) is 0 Å². The highest BCUT2D eigenvalue weighted by Gasteiger charge is 2.31. The molecule has 0 aliphatic carbocycles. The Bertz CT molecular complexity index is 895. The predicted octanol–water partition coefficient (Wildman–Crippen LogP) is 6.56. The number of hydrogen-bond acceptors (Lipinski definition) is 2. The standard InChI is InChI=1S/C23H26Cl4N2O2/c1-4-14(3)28-23(31)21(5-2)29(13-16-19(26)10-7-11-20(16)27)22(30)12-15-17(24)8-6-9-18(15)25/h6-11,14,21H,4-5,12-13H2,1-3H3,(H,28,31)/t14-,21+/m0/s1. The topological polar surface area (TPSA) is 49.4 Å². The van der Waals surface area contributed by atoms with Crippen LogP contribution in [0, 0.1) is 0 Å². The lowest BCUT2D eigenvalue weighted by molar-refractivity contribution is -0.141. The zero-order chi connectivity index (χ0) is 23.1. The van der Waals surface area contributed by atoms with Gasteiger partial charge in [-0.2, -0.15) is 0 Å². The molecular weight excluding hydrogens is 478 g/mol. The molecule has 0 saturated carbocycles. The van der Waals surface area contributed by atoms with E-state index in [4.69, 9.17) is 46.4 Å². The maximum atomic E-state index is 13.4. The molecule has 0 aliphatic rings. The average molecular weight is 504 g/mol. The van der Waals surface area contributed by atoms with Crippen molar-refractivity contribution in [2.24, 2.45) is 0 Å². The van der Waals surface area contributed by atoms with Gasteiger partial charge in [0.25, 0.3) is 0 Å². The van der Waals surface area contributed by atoms with Crippen molar-refractivity contribution in [2.45, 2.75) is 58.7 Å². The van der Waals surface area contributed by atoms with Crippen molar-refractivity contribution >= 4 is 58.2 Å². The van der Waals surface area contributed by atoms with E-state index in [1.807, 2.05) is 20.8 Å². The normalized spacial score (nSPS) is 12.9. The second kappa shape index (κ2) is 12.0. The van der Waals surface area contributed by atoms with Crippen molar-refractivity contribution in [1.29, 1.82) is 0 Å². The van der Waals surface area contributed by atoms with Crippen molar-refractivity contribution in [1.82, 2.24) is 10.2 Å². The molecule has 0 fully saturated rings. The molecule has 8 heteroatoms. The maximum Gasteiger partial charge on any atom is 0.243 e. The van der Waals surface area contributed by atoms with E-state index in [9.17, 15) is 9.59 Å². The SMILES string of the molecule is CC[C@H](C(=O)N[C@@H](C)CC)N(Cc1c(Cl)cccc1Cl)C(=O)Cc1c(Cl)cccc1Cl. The zero-order valence-corrected chi connectivity index (χ0v) is 20.7. The first-order valence-corrected chi connectivity index (χ1v) is 11.7. The molecule has 0 bridgehead atoms. The third kappa shape index (κ3) is 6.76. The van der Waals surface area contributed by atoms with E-state index in [0.717, 1.165) is 6.42 Å². The number of benzene rings is 2. The van der Waals surface area contributed by atoms with Crippen LogP contribution in [0.4, 0.5) is 0 Å². The molecule has 0 aliphatic heterocycles. The zero-order valence-electron chi connectivity index (χ0n) is 17.7. The van der Waals surface area contributed by atoms with Crippen LogP contribution in [0.5, 0.6) is 0 Å². The van der Waals surface area contributed by atoms with Crippen LogP contribution in [-0.2, 0) is 22.6 Å². The Morgan fingerprint density at radius 2 is 1.35 bits per heavy atom. The fourth-order valence-corrected chi connectivity index (χ4v) is 4.22. The van der Waals surface area contributed by atoms with Gasteiger partial charge in [0, 0.05) is 38.2 Å². The van der Waals surface area contributed by atoms with Gasteiger partial charge < -0.3 is 10.2 Å². The van der Waals surface area contributed by atoms with Gasteiger partial charge in [0.15, 0.2) is 0 Å². The van der Waals surface area contributed by atoms with Crippen molar-refractivity contribution < 1.29 is 9.59 Å². The molecule has 0 aromatic heterocycles. The van der Waals surface area contributed by atoms with Crippen LogP contribution in [0.1, 0.15) is 44.7 Å². The molecule has 0 radical (unpaired) electrons. The Hall–Kier alpha value is -1.46. The number of halogens is 4. The van der Waals surface area contributed by atoms with E-state index in [0.29, 0.717) is 37.6 Å². The molecule has 31 heavy (non-hydrogen) atoms. The lowest BCUT2D eigenvalue weighted by atomic mass is 10.1. The molecule has 168 valence electrons. The molecule has 0 saturated heterocycles. The van der Waals surface area contributed by atoms with E-state index in [1.165, 1.54) is 4.90 Å². The summed E-state index contributed by atoms with van der Waals surface area (Å²) in [6.45, 7) is 5.85. The first-order valence-electron chi connectivity index (χ1n) is 10.1. The summed E-state index contributed by atoms with van der Waals surface area (Å²) in [7, 11) is 0. The van der Waals surface area contributed by atoms with Gasteiger partial charge in [-0.05, 0) is 49.6 Å². The summed E-state index contributed by atoms with van der Waals surface area (Å²) in [6.07, 6.45) is 1.15. The Balaban J connectivity index is 2.43. The first kappa shape index (κ1) is 25.8. The number of carbonyl (C=O) groups excluding carboxylic acids is 2. The van der Waals surface area contributed by atoms with E-state index >= 15 is 0 Å². The minimum absolute atomic E-state index is 0.0135. The molecule has 4 nitrogen and oxygen atoms in total. The largest absolute Gasteiger partial charge is 0.352 e. The summed E-state index contributed by atoms with van der Waals surface area (Å²) < 4.78 is 0. The van der Waals surface area contributed by atoms with Crippen LogP contribution in [0.25, 0.3) is 0 Å². The van der Waals surface area contributed by atoms with Gasteiger partial charge in [0.05, 0.1) is 6.42 Å². The number of carbonyl (C=O) groups is 2. The number of nitrogens with zero attached hydrogens (tertiary/aromatic N) is 1. The van der Waals surface area contributed by atoms with Crippen LogP contribution in [0.2, 0.25) is 20.1 Å². The summed E-state index contributed by atoms with van der Waals surface area (Å²) in [5.41, 5.74) is 1.10. The molecule has 0 heterocycles. The van der Waals surface area contributed by atoms with Crippen LogP contribution >= 0.6 is 46.4 Å². The molecule has 2 amide bonds. The average Bonchev–Trinajstić information content (AvgIpc) is 2.72. The van der Waals surface area contributed by atoms with Gasteiger partial charge in [-0.3, -0.25) is 9.59 Å². The van der Waals surface area contributed by atoms with Crippen LogP contribution in [0.3, 0.4) is 0 Å². The Morgan fingerprint density at radius 1 is 0.871 bits per heavy atom. The Kier molecular flexibility index (Phi) is 9.95. The van der Waals surface area contributed by atoms with Crippen molar-refractivity contribution in [3.63, 3.8) is 0 Å². The molecule has 2 aromatic carbocycles. The van der Waals surface area contributed by atoms with Crippen LogP contribution in [0.15, 0.2) is 36.4 Å². The molecular formula is C23H26Cl4N2O2. The summed E-state index contributed by atoms with van der Waals surface area (Å²) in [4.78, 5) is 28.0. The summed E-state index contributed by atoms with van der Waals surface area (Å²) >= 11 is 25.3. The Labute approximate surface area is 203 Å². The van der Waals surface area contributed by atoms with Gasteiger partial charge in [0.2, 0.25) is 11.8 Å². The summed E-state index contributed by atoms with van der Waals surface area (Å²) in [5, 5.41) is 4.62. The third-order valence-electron chi connectivity index (χ3n) is 5.17. The summed E-state index contributed by atoms with van der Waals surface area (Å²) in [6, 6.07) is 9.50. The lowest BCUT2D eigenvalue weighted by Crippen LogP contribution is -2.51. The van der Waals surface area contributed by atoms with Gasteiger partial charge in [-0.25, -0.2) is 0 Å². The minimum atomic E-state index is -0.699. The first-order chi connectivity index (χ1) is 14.7. The number of hydrogen-bond donors (Lipinski definition) is 1. The van der Waals surface area contributed by atoms with Crippen LogP contribution in [-0.4, -0.2) is 28.8 Å². The number of rotatable bonds is 9. The van der Waals surface area contributed by atoms with Crippen molar-refractivity contribution in [3.8, 4) is 0 Å². The van der Waals surface area contributed by atoms with Crippen LogP contribution < -0.4 is 5.32 Å². The van der Waals surface area contributed by atoms with Gasteiger partial charge in [0.1, 0.15) is 6.04 Å². The monoisotopic (exact) mass is 502 g/mol. The van der Waals surface area contributed by atoms with E-state index in [-0.39, 0.29) is 30.8 Å². The van der Waals surface area contributed by atoms with Gasteiger partial charge in [-0.15, -0.1) is 0 Å². The van der Waals surface area contributed by atoms with Crippen molar-refractivity contribution in [3.05, 3.63) is 67.6 Å². The highest BCUT2D eigenvalue weighted by molar-refractivity contribution is 6.36. The van der Waals surface area contributed by atoms with E-state index < -0.39 is 6.04 Å². The molecule has 1 N–H and O–H groups in total. The Morgan fingerprint density at radius 3 is 1.81 bits per heavy atom. The highest BCUT2D eigenvalue weighted by Crippen LogP contribution is 2.29. The fourth-order valence-electron chi connectivity index (χ4n) is 3.17. The van der Waals surface area contributed by atoms with Gasteiger partial charge >= 0.3 is 0 Å². The number of nitrogens with one attached hydrogen (secondary N) is 1. The predicted molar refractivity (Wildman–Crippen MR) is 129 cm³/mol. The third-order valence-corrected chi connectivity index (χ3v) is 6.58. The van der Waals surface area contributed by atoms with E-state index in [1.54, 1.807) is 36.4 Å². The minimum Gasteiger partial charge on any atom is -0.352 e. The van der Waals surface area contributed by atoms with E-state index in [2.05, 4.69) is 5.32 Å². The fraction of sp³-hybridized carbons (Fsp3) is 0.391. The lowest BCUT2D eigenvalue weighted by Gasteiger charge is -2.32. The molecule has 2 aromatic rings. The second-order valence-corrected chi connectivity index (χ2v) is 8.97. The second-order valence-electron chi connectivity index (χ2n) is 7.34. The van der Waals surface area contributed by atoms with Gasteiger partial charge in [-0.1, -0.05) is 72.4 Å². The molecule has 2 rings (SSSR count).